The van der Waals surface area contributed by atoms with E-state index in [2.05, 4.69) is 195 Å². The lowest BCUT2D eigenvalue weighted by Crippen LogP contribution is -2.74. The standard InChI is InChI=1S/C47H39NSi/c1-47(2,3)35-25-27-45-43(30-35)44-32-42-34(29-46(44)48(45)36-16-8-4-9-17-36)28-33-24-26-40(31-41(33)42)49(37-18-10-5-11-19-37,38-20-12-6-13-21-38)39-22-14-7-15-23-39/h4-27,29-32H,28H2,1-3H3. The van der Waals surface area contributed by atoms with Crippen molar-refractivity contribution in [2.24, 2.45) is 0 Å². The van der Waals surface area contributed by atoms with Gasteiger partial charge in [0.25, 0.3) is 0 Å². The van der Waals surface area contributed by atoms with Crippen LogP contribution in [0, 0.1) is 0 Å². The first-order chi connectivity index (χ1) is 23.9. The Morgan fingerprint density at radius 2 is 0.980 bits per heavy atom. The molecule has 0 amide bonds. The third-order valence-electron chi connectivity index (χ3n) is 10.7. The molecule has 7 aromatic carbocycles. The molecule has 0 N–H and O–H groups in total. The molecule has 8 aromatic rings. The summed E-state index contributed by atoms with van der Waals surface area (Å²) in [5.41, 5.74) is 10.7. The molecule has 0 unspecified atom stereocenters. The van der Waals surface area contributed by atoms with E-state index in [0.29, 0.717) is 0 Å². The van der Waals surface area contributed by atoms with Crippen LogP contribution in [0.15, 0.2) is 170 Å². The smallest absolute Gasteiger partial charge is 0.179 e. The molecule has 0 saturated carbocycles. The number of hydrogen-bond acceptors (Lipinski definition) is 0. The minimum Gasteiger partial charge on any atom is -0.309 e. The Labute approximate surface area is 290 Å². The average molecular weight is 646 g/mol. The molecular weight excluding hydrogens is 607 g/mol. The fourth-order valence-corrected chi connectivity index (χ4v) is 13.1. The van der Waals surface area contributed by atoms with Gasteiger partial charge in [-0.25, -0.2) is 0 Å². The van der Waals surface area contributed by atoms with E-state index in [1.807, 2.05) is 0 Å². The predicted octanol–water partition coefficient (Wildman–Crippen LogP) is 9.03. The van der Waals surface area contributed by atoms with Gasteiger partial charge < -0.3 is 4.57 Å². The van der Waals surface area contributed by atoms with Crippen molar-refractivity contribution in [3.8, 4) is 16.8 Å². The fraction of sp³-hybridized carbons (Fsp3) is 0.106. The minimum atomic E-state index is -2.63. The summed E-state index contributed by atoms with van der Waals surface area (Å²) in [6.07, 6.45) is 0.945. The zero-order chi connectivity index (χ0) is 33.2. The molecule has 1 aromatic heterocycles. The SMILES string of the molecule is CC(C)(C)c1ccc2c(c1)c1cc3c(cc1n2-c1ccccc1)Cc1ccc([Si](c2ccccc2)(c2ccccc2)c2ccccc2)cc1-3. The highest BCUT2D eigenvalue weighted by molar-refractivity contribution is 7.19. The van der Waals surface area contributed by atoms with Crippen molar-refractivity contribution < 1.29 is 0 Å². The fourth-order valence-electron chi connectivity index (χ4n) is 8.31. The molecule has 0 fully saturated rings. The Hall–Kier alpha value is -5.44. The third kappa shape index (κ3) is 4.66. The molecule has 0 aliphatic heterocycles. The number of para-hydroxylation sites is 1. The third-order valence-corrected chi connectivity index (χ3v) is 15.5. The van der Waals surface area contributed by atoms with E-state index < -0.39 is 8.07 Å². The average Bonchev–Trinajstić information content (AvgIpc) is 3.66. The monoisotopic (exact) mass is 645 g/mol. The van der Waals surface area contributed by atoms with E-state index in [4.69, 9.17) is 0 Å². The summed E-state index contributed by atoms with van der Waals surface area (Å²) in [6.45, 7) is 6.92. The normalized spacial score (nSPS) is 12.7. The second-order valence-corrected chi connectivity index (χ2v) is 18.4. The van der Waals surface area contributed by atoms with Crippen LogP contribution in [0.5, 0.6) is 0 Å². The first-order valence-corrected chi connectivity index (χ1v) is 19.4. The first kappa shape index (κ1) is 29.7. The molecule has 0 atom stereocenters. The Kier molecular flexibility index (Phi) is 6.86. The zero-order valence-corrected chi connectivity index (χ0v) is 29.3. The summed E-state index contributed by atoms with van der Waals surface area (Å²) in [5.74, 6) is 0. The van der Waals surface area contributed by atoms with Crippen LogP contribution in [-0.2, 0) is 11.8 Å². The molecule has 0 saturated heterocycles. The summed E-state index contributed by atoms with van der Waals surface area (Å²) in [7, 11) is -2.63. The van der Waals surface area contributed by atoms with Crippen molar-refractivity contribution >= 4 is 50.6 Å². The lowest BCUT2D eigenvalue weighted by atomic mass is 9.86. The van der Waals surface area contributed by atoms with E-state index in [0.717, 1.165) is 6.42 Å². The van der Waals surface area contributed by atoms with Crippen molar-refractivity contribution in [1.82, 2.24) is 4.57 Å². The Balaban J connectivity index is 1.32. The van der Waals surface area contributed by atoms with Gasteiger partial charge in [0.2, 0.25) is 0 Å². The van der Waals surface area contributed by atoms with Crippen LogP contribution in [0.4, 0.5) is 0 Å². The van der Waals surface area contributed by atoms with Gasteiger partial charge in [-0.2, -0.15) is 0 Å². The van der Waals surface area contributed by atoms with Gasteiger partial charge in [-0.3, -0.25) is 0 Å². The van der Waals surface area contributed by atoms with Crippen molar-refractivity contribution in [1.29, 1.82) is 0 Å². The Bertz CT molecular complexity index is 2370. The number of aromatic nitrogens is 1. The molecule has 1 nitrogen and oxygen atoms in total. The molecule has 0 spiro atoms. The molecule has 0 bridgehead atoms. The molecule has 236 valence electrons. The van der Waals surface area contributed by atoms with Crippen LogP contribution in [0.1, 0.15) is 37.5 Å². The minimum absolute atomic E-state index is 0.0634. The van der Waals surface area contributed by atoms with Crippen LogP contribution < -0.4 is 20.7 Å². The highest BCUT2D eigenvalue weighted by Gasteiger charge is 2.42. The second-order valence-electron chi connectivity index (χ2n) is 14.6. The van der Waals surface area contributed by atoms with E-state index in [1.54, 1.807) is 0 Å². The van der Waals surface area contributed by atoms with Crippen LogP contribution >= 0.6 is 0 Å². The van der Waals surface area contributed by atoms with Crippen LogP contribution in [0.25, 0.3) is 38.6 Å². The van der Waals surface area contributed by atoms with E-state index in [9.17, 15) is 0 Å². The van der Waals surface area contributed by atoms with Gasteiger partial charge in [-0.1, -0.05) is 154 Å². The number of nitrogens with zero attached hydrogens (tertiary/aromatic N) is 1. The molecule has 0 radical (unpaired) electrons. The first-order valence-electron chi connectivity index (χ1n) is 17.4. The predicted molar refractivity (Wildman–Crippen MR) is 211 cm³/mol. The topological polar surface area (TPSA) is 4.93 Å². The highest BCUT2D eigenvalue weighted by atomic mass is 28.3. The number of fused-ring (bicyclic) bond motifs is 6. The summed E-state index contributed by atoms with van der Waals surface area (Å²) < 4.78 is 2.46. The maximum absolute atomic E-state index is 2.63. The Morgan fingerprint density at radius 3 is 1.55 bits per heavy atom. The van der Waals surface area contributed by atoms with Gasteiger partial charge >= 0.3 is 0 Å². The van der Waals surface area contributed by atoms with Crippen LogP contribution in [0.3, 0.4) is 0 Å². The summed E-state index contributed by atoms with van der Waals surface area (Å²) in [4.78, 5) is 0. The van der Waals surface area contributed by atoms with E-state index in [1.165, 1.54) is 76.1 Å². The molecule has 1 aliphatic rings. The van der Waals surface area contributed by atoms with Crippen molar-refractivity contribution in [2.45, 2.75) is 32.6 Å². The van der Waals surface area contributed by atoms with Crippen molar-refractivity contribution in [3.63, 3.8) is 0 Å². The quantitative estimate of drug-likeness (QED) is 0.130. The van der Waals surface area contributed by atoms with Gasteiger partial charge in [0, 0.05) is 16.5 Å². The van der Waals surface area contributed by atoms with E-state index >= 15 is 0 Å². The van der Waals surface area contributed by atoms with Crippen molar-refractivity contribution in [3.05, 3.63) is 187 Å². The van der Waals surface area contributed by atoms with Gasteiger partial charge in [0.1, 0.15) is 0 Å². The molecule has 2 heteroatoms. The molecule has 9 rings (SSSR count). The molecular formula is C47H39NSi. The molecule has 1 heterocycles. The van der Waals surface area contributed by atoms with Crippen LogP contribution in [0.2, 0.25) is 0 Å². The summed E-state index contributed by atoms with van der Waals surface area (Å²) in [6, 6.07) is 64.1. The highest BCUT2D eigenvalue weighted by Crippen LogP contribution is 2.43. The van der Waals surface area contributed by atoms with Crippen LogP contribution in [-0.4, -0.2) is 12.6 Å². The lowest BCUT2D eigenvalue weighted by molar-refractivity contribution is 0.591. The number of rotatable bonds is 5. The lowest BCUT2D eigenvalue weighted by Gasteiger charge is -2.34. The maximum Gasteiger partial charge on any atom is 0.179 e. The maximum atomic E-state index is 2.56. The van der Waals surface area contributed by atoms with E-state index in [-0.39, 0.29) is 5.41 Å². The summed E-state index contributed by atoms with van der Waals surface area (Å²) in [5, 5.41) is 8.27. The van der Waals surface area contributed by atoms with Gasteiger partial charge in [0.15, 0.2) is 8.07 Å². The van der Waals surface area contributed by atoms with Gasteiger partial charge in [0.05, 0.1) is 11.0 Å². The number of benzene rings is 7. The summed E-state index contributed by atoms with van der Waals surface area (Å²) >= 11 is 0. The number of hydrogen-bond donors (Lipinski definition) is 0. The van der Waals surface area contributed by atoms with Gasteiger partial charge in [-0.15, -0.1) is 0 Å². The largest absolute Gasteiger partial charge is 0.309 e. The molecule has 1 aliphatic carbocycles. The van der Waals surface area contributed by atoms with Gasteiger partial charge in [-0.05, 0) is 96.8 Å². The Morgan fingerprint density at radius 1 is 0.449 bits per heavy atom. The molecule has 49 heavy (non-hydrogen) atoms. The second kappa shape index (κ2) is 11.3. The zero-order valence-electron chi connectivity index (χ0n) is 28.3. The van der Waals surface area contributed by atoms with Crippen molar-refractivity contribution in [2.75, 3.05) is 0 Å².